The fourth-order valence-electron chi connectivity index (χ4n) is 1.93. The van der Waals surface area contributed by atoms with Crippen molar-refractivity contribution in [1.82, 2.24) is 10.3 Å². The number of aromatic nitrogens is 1. The Kier molecular flexibility index (Phi) is 3.32. The van der Waals surface area contributed by atoms with Gasteiger partial charge < -0.3 is 10.2 Å². The van der Waals surface area contributed by atoms with Crippen LogP contribution in [0.2, 0.25) is 0 Å². The molecule has 0 amide bonds. The highest BCUT2D eigenvalue weighted by Crippen LogP contribution is 2.18. The summed E-state index contributed by atoms with van der Waals surface area (Å²) in [6.07, 6.45) is 2.37. The molecule has 17 heavy (non-hydrogen) atoms. The van der Waals surface area contributed by atoms with Gasteiger partial charge in [0.15, 0.2) is 0 Å². The van der Waals surface area contributed by atoms with E-state index >= 15 is 0 Å². The summed E-state index contributed by atoms with van der Waals surface area (Å²) in [5, 5.41) is 8.23. The van der Waals surface area contributed by atoms with E-state index in [1.54, 1.807) is 6.07 Å². The van der Waals surface area contributed by atoms with Crippen molar-refractivity contribution in [3.05, 3.63) is 18.3 Å². The van der Waals surface area contributed by atoms with E-state index in [1.165, 1.54) is 12.3 Å². The number of hydrogen-bond donors (Lipinski definition) is 2. The lowest BCUT2D eigenvalue weighted by Gasteiger charge is -2.17. The number of sulfonamides is 1. The van der Waals surface area contributed by atoms with Crippen molar-refractivity contribution in [1.29, 1.82) is 0 Å². The first kappa shape index (κ1) is 12.3. The van der Waals surface area contributed by atoms with Gasteiger partial charge in [-0.2, -0.15) is 0 Å². The summed E-state index contributed by atoms with van der Waals surface area (Å²) in [7, 11) is -1.72. The van der Waals surface area contributed by atoms with Crippen LogP contribution in [0.1, 0.15) is 6.42 Å². The number of pyridine rings is 1. The Hall–Kier alpha value is -1.18. The van der Waals surface area contributed by atoms with Gasteiger partial charge in [0.2, 0.25) is 10.0 Å². The summed E-state index contributed by atoms with van der Waals surface area (Å²) in [4.78, 5) is 6.30. The first-order valence-corrected chi connectivity index (χ1v) is 6.96. The molecule has 7 heteroatoms. The fraction of sp³-hybridized carbons (Fsp3) is 0.500. The molecule has 0 aliphatic carbocycles. The highest BCUT2D eigenvalue weighted by molar-refractivity contribution is 7.89. The summed E-state index contributed by atoms with van der Waals surface area (Å²) in [5.74, 6) is 0.787. The van der Waals surface area contributed by atoms with Crippen molar-refractivity contribution >= 4 is 15.8 Å². The predicted octanol–water partition coefficient (Wildman–Crippen LogP) is -0.473. The molecular weight excluding hydrogens is 240 g/mol. The van der Waals surface area contributed by atoms with Crippen LogP contribution in [0.4, 0.5) is 5.82 Å². The Morgan fingerprint density at radius 3 is 2.76 bits per heavy atom. The number of nitrogens with zero attached hydrogens (tertiary/aromatic N) is 2. The second-order valence-electron chi connectivity index (χ2n) is 4.12. The molecule has 0 aromatic carbocycles. The van der Waals surface area contributed by atoms with Crippen molar-refractivity contribution in [2.24, 2.45) is 5.14 Å². The monoisotopic (exact) mass is 256 g/mol. The van der Waals surface area contributed by atoms with E-state index in [0.29, 0.717) is 6.04 Å². The van der Waals surface area contributed by atoms with Gasteiger partial charge in [-0.15, -0.1) is 0 Å². The first-order chi connectivity index (χ1) is 8.00. The summed E-state index contributed by atoms with van der Waals surface area (Å²) >= 11 is 0. The minimum Gasteiger partial charge on any atom is -0.355 e. The topological polar surface area (TPSA) is 88.3 Å². The predicted molar refractivity (Wildman–Crippen MR) is 65.3 cm³/mol. The molecule has 1 fully saturated rings. The molecule has 3 N–H and O–H groups in total. The molecule has 1 aliphatic rings. The van der Waals surface area contributed by atoms with Gasteiger partial charge >= 0.3 is 0 Å². The zero-order valence-corrected chi connectivity index (χ0v) is 10.4. The zero-order valence-electron chi connectivity index (χ0n) is 9.63. The van der Waals surface area contributed by atoms with Crippen molar-refractivity contribution in [3.63, 3.8) is 0 Å². The van der Waals surface area contributed by atoms with Crippen LogP contribution in [0.5, 0.6) is 0 Å². The maximum absolute atomic E-state index is 11.1. The van der Waals surface area contributed by atoms with E-state index < -0.39 is 10.0 Å². The lowest BCUT2D eigenvalue weighted by atomic mass is 10.3. The molecule has 1 unspecified atom stereocenters. The van der Waals surface area contributed by atoms with Crippen LogP contribution >= 0.6 is 0 Å². The van der Waals surface area contributed by atoms with Crippen molar-refractivity contribution in [2.75, 3.05) is 25.0 Å². The quantitative estimate of drug-likeness (QED) is 0.763. The highest BCUT2D eigenvalue weighted by Gasteiger charge is 2.22. The number of hydrogen-bond acceptors (Lipinski definition) is 5. The average Bonchev–Trinajstić information content (AvgIpc) is 2.76. The molecule has 94 valence electrons. The lowest BCUT2D eigenvalue weighted by Crippen LogP contribution is -2.29. The molecular formula is C10H16N4O2S. The van der Waals surface area contributed by atoms with Crippen LogP contribution in [0, 0.1) is 0 Å². The van der Waals surface area contributed by atoms with Gasteiger partial charge in [0.05, 0.1) is 0 Å². The SMILES string of the molecule is CNC1CCN(c2ccc(S(N)(=O)=O)cn2)C1. The smallest absolute Gasteiger partial charge is 0.239 e. The summed E-state index contributed by atoms with van der Waals surface area (Å²) < 4.78 is 22.2. The number of nitrogens with one attached hydrogen (secondary N) is 1. The summed E-state index contributed by atoms with van der Waals surface area (Å²) in [6.45, 7) is 1.81. The normalized spacial score (nSPS) is 20.8. The van der Waals surface area contributed by atoms with Crippen LogP contribution in [0.15, 0.2) is 23.2 Å². The molecule has 0 bridgehead atoms. The van der Waals surface area contributed by atoms with Crippen molar-refractivity contribution in [2.45, 2.75) is 17.4 Å². The van der Waals surface area contributed by atoms with Gasteiger partial charge in [0.1, 0.15) is 10.7 Å². The third-order valence-corrected chi connectivity index (χ3v) is 3.87. The molecule has 0 saturated carbocycles. The van der Waals surface area contributed by atoms with Crippen LogP contribution in [-0.4, -0.2) is 39.6 Å². The van der Waals surface area contributed by atoms with Crippen LogP contribution in [0.25, 0.3) is 0 Å². The standard InChI is InChI=1S/C10H16N4O2S/c1-12-8-4-5-14(7-8)10-3-2-9(6-13-10)17(11,15)16/h2-3,6,8,12H,4-5,7H2,1H3,(H2,11,15,16). The molecule has 2 rings (SSSR count). The van der Waals surface area contributed by atoms with E-state index in [-0.39, 0.29) is 4.90 Å². The molecule has 2 heterocycles. The van der Waals surface area contributed by atoms with Crippen LogP contribution in [0.3, 0.4) is 0 Å². The Labute approximate surface area is 101 Å². The molecule has 1 aromatic rings. The molecule has 6 nitrogen and oxygen atoms in total. The van der Waals surface area contributed by atoms with E-state index in [4.69, 9.17) is 5.14 Å². The Balaban J connectivity index is 2.14. The third-order valence-electron chi connectivity index (χ3n) is 2.97. The van der Waals surface area contributed by atoms with Crippen molar-refractivity contribution in [3.8, 4) is 0 Å². The van der Waals surface area contributed by atoms with Gasteiger partial charge in [0, 0.05) is 25.3 Å². The Bertz CT molecular complexity index is 486. The Morgan fingerprint density at radius 2 is 2.29 bits per heavy atom. The number of nitrogens with two attached hydrogens (primary N) is 1. The number of likely N-dealkylation sites (N-methyl/N-ethyl adjacent to an activating group) is 1. The molecule has 1 atom stereocenters. The van der Waals surface area contributed by atoms with Gasteiger partial charge in [0.25, 0.3) is 0 Å². The summed E-state index contributed by atoms with van der Waals surface area (Å²) in [6, 6.07) is 3.65. The average molecular weight is 256 g/mol. The first-order valence-electron chi connectivity index (χ1n) is 5.42. The van der Waals surface area contributed by atoms with Gasteiger partial charge in [-0.05, 0) is 25.6 Å². The molecule has 0 radical (unpaired) electrons. The zero-order chi connectivity index (χ0) is 12.5. The second kappa shape index (κ2) is 4.59. The maximum Gasteiger partial charge on any atom is 0.239 e. The maximum atomic E-state index is 11.1. The fourth-order valence-corrected chi connectivity index (χ4v) is 2.39. The summed E-state index contributed by atoms with van der Waals surface area (Å²) in [5.41, 5.74) is 0. The van der Waals surface area contributed by atoms with E-state index in [9.17, 15) is 8.42 Å². The molecule has 1 aromatic heterocycles. The second-order valence-corrected chi connectivity index (χ2v) is 5.68. The van der Waals surface area contributed by atoms with Crippen LogP contribution in [-0.2, 0) is 10.0 Å². The molecule has 1 saturated heterocycles. The third kappa shape index (κ3) is 2.74. The van der Waals surface area contributed by atoms with Gasteiger partial charge in [-0.25, -0.2) is 18.5 Å². The minimum absolute atomic E-state index is 0.0469. The van der Waals surface area contributed by atoms with Gasteiger partial charge in [-0.1, -0.05) is 0 Å². The van der Waals surface area contributed by atoms with Gasteiger partial charge in [-0.3, -0.25) is 0 Å². The molecule has 0 spiro atoms. The highest BCUT2D eigenvalue weighted by atomic mass is 32.2. The number of primary sulfonamides is 1. The van der Waals surface area contributed by atoms with E-state index in [1.807, 2.05) is 7.05 Å². The molecule has 1 aliphatic heterocycles. The number of anilines is 1. The minimum atomic E-state index is -3.65. The lowest BCUT2D eigenvalue weighted by molar-refractivity contribution is 0.597. The van der Waals surface area contributed by atoms with Crippen LogP contribution < -0.4 is 15.4 Å². The largest absolute Gasteiger partial charge is 0.355 e. The Morgan fingerprint density at radius 1 is 1.53 bits per heavy atom. The van der Waals surface area contributed by atoms with E-state index in [0.717, 1.165) is 25.3 Å². The van der Waals surface area contributed by atoms with Crippen molar-refractivity contribution < 1.29 is 8.42 Å². The van der Waals surface area contributed by atoms with E-state index in [2.05, 4.69) is 15.2 Å². The number of rotatable bonds is 3.